The molecule has 0 saturated heterocycles. The Morgan fingerprint density at radius 1 is 1.14 bits per heavy atom. The van der Waals surface area contributed by atoms with E-state index in [2.05, 4.69) is 0 Å². The lowest BCUT2D eigenvalue weighted by molar-refractivity contribution is -0.145. The van der Waals surface area contributed by atoms with Crippen LogP contribution in [0.15, 0.2) is 5.18 Å². The van der Waals surface area contributed by atoms with E-state index < -0.39 is 36.9 Å². The maximum Gasteiger partial charge on any atom is 0.317 e. The third-order valence-electron chi connectivity index (χ3n) is 1.60. The van der Waals surface area contributed by atoms with E-state index in [0.717, 1.165) is 0 Å². The average Bonchev–Trinajstić information content (AvgIpc) is 2.23. The number of carbonyl (C=O) groups is 1. The molecule has 4 unspecified atom stereocenters. The van der Waals surface area contributed by atoms with Crippen LogP contribution in [-0.4, -0.2) is 62.5 Å². The van der Waals surface area contributed by atoms with Crippen LogP contribution in [0.3, 0.4) is 0 Å². The maximum absolute atomic E-state index is 10.4. The van der Waals surface area contributed by atoms with Crippen molar-refractivity contribution in [2.75, 3.05) is 6.61 Å². The fraction of sp³-hybridized carbons (Fsp3) is 0.833. The van der Waals surface area contributed by atoms with Crippen molar-refractivity contribution in [3.63, 3.8) is 0 Å². The second-order valence-corrected chi connectivity index (χ2v) is 2.61. The van der Waals surface area contributed by atoms with E-state index in [0.29, 0.717) is 0 Å². The van der Waals surface area contributed by atoms with Crippen LogP contribution in [0.25, 0.3) is 0 Å². The van der Waals surface area contributed by atoms with Gasteiger partial charge in [0.15, 0.2) is 6.10 Å². The number of rotatable bonds is 5. The fourth-order valence-corrected chi connectivity index (χ4v) is 0.722. The summed E-state index contributed by atoms with van der Waals surface area (Å²) < 4.78 is 0. The molecule has 0 aliphatic heterocycles. The van der Waals surface area contributed by atoms with Gasteiger partial charge in [-0.15, -0.1) is 4.91 Å². The van der Waals surface area contributed by atoms with Gasteiger partial charge in [0, 0.05) is 5.18 Å². The molecule has 14 heavy (non-hydrogen) atoms. The largest absolute Gasteiger partial charge is 0.394 e. The summed E-state index contributed by atoms with van der Waals surface area (Å²) in [6.45, 7) is -0.867. The molecule has 0 bridgehead atoms. The molecule has 0 rings (SSSR count). The van der Waals surface area contributed by atoms with Crippen LogP contribution < -0.4 is 0 Å². The number of hydrogen-bond acceptors (Lipinski definition) is 7. The summed E-state index contributed by atoms with van der Waals surface area (Å²) in [6, 6.07) is 0. The minimum Gasteiger partial charge on any atom is -0.394 e. The van der Waals surface area contributed by atoms with Gasteiger partial charge in [0.1, 0.15) is 18.3 Å². The van der Waals surface area contributed by atoms with E-state index in [9.17, 15) is 9.70 Å². The van der Waals surface area contributed by atoms with E-state index in [-0.39, 0.29) is 0 Å². The molecule has 8 nitrogen and oxygen atoms in total. The lowest BCUT2D eigenvalue weighted by Crippen LogP contribution is -2.48. The molecule has 1 amide bonds. The first-order chi connectivity index (χ1) is 6.45. The SMILES string of the molecule is O=NC(=O)C(O)C(O)C(O)C(O)CO. The Hall–Kier alpha value is -0.930. The summed E-state index contributed by atoms with van der Waals surface area (Å²) in [4.78, 5) is 20.1. The van der Waals surface area contributed by atoms with Gasteiger partial charge in [-0.25, -0.2) is 0 Å². The number of nitroso groups, excluding NO2 is 1. The maximum atomic E-state index is 10.4. The molecule has 0 aromatic carbocycles. The second kappa shape index (κ2) is 5.73. The van der Waals surface area contributed by atoms with Crippen molar-refractivity contribution < 1.29 is 30.3 Å². The molecule has 0 heterocycles. The molecule has 0 spiro atoms. The van der Waals surface area contributed by atoms with E-state index >= 15 is 0 Å². The van der Waals surface area contributed by atoms with E-state index in [1.54, 1.807) is 0 Å². The normalized spacial score (nSPS) is 19.5. The number of hydrogen-bond donors (Lipinski definition) is 5. The third kappa shape index (κ3) is 3.09. The van der Waals surface area contributed by atoms with Crippen LogP contribution in [0.1, 0.15) is 0 Å². The zero-order chi connectivity index (χ0) is 11.3. The van der Waals surface area contributed by atoms with Gasteiger partial charge in [0.2, 0.25) is 0 Å². The van der Waals surface area contributed by atoms with Crippen LogP contribution in [0, 0.1) is 4.91 Å². The lowest BCUT2D eigenvalue weighted by atomic mass is 10.0. The first-order valence-electron chi connectivity index (χ1n) is 3.66. The Bertz CT molecular complexity index is 208. The Morgan fingerprint density at radius 2 is 1.64 bits per heavy atom. The molecule has 5 N–H and O–H groups in total. The zero-order valence-electron chi connectivity index (χ0n) is 7.02. The van der Waals surface area contributed by atoms with E-state index in [4.69, 9.17) is 25.5 Å². The Morgan fingerprint density at radius 3 is 2.00 bits per heavy atom. The minimum absolute atomic E-state index is 0.867. The minimum atomic E-state index is -2.22. The summed E-state index contributed by atoms with van der Waals surface area (Å²) >= 11 is 0. The van der Waals surface area contributed by atoms with Gasteiger partial charge in [-0.2, -0.15) is 0 Å². The molecule has 82 valence electrons. The second-order valence-electron chi connectivity index (χ2n) is 2.61. The molecule has 0 fully saturated rings. The number of aliphatic hydroxyl groups is 5. The van der Waals surface area contributed by atoms with Gasteiger partial charge in [-0.1, -0.05) is 0 Å². The number of carbonyl (C=O) groups excluding carboxylic acids is 1. The van der Waals surface area contributed by atoms with Crippen molar-refractivity contribution in [2.45, 2.75) is 24.4 Å². The predicted molar refractivity (Wildman–Crippen MR) is 41.9 cm³/mol. The molecule has 0 aromatic rings. The van der Waals surface area contributed by atoms with Crippen molar-refractivity contribution in [3.8, 4) is 0 Å². The molecule has 0 aliphatic rings. The first-order valence-corrected chi connectivity index (χ1v) is 3.66. The molecule has 0 radical (unpaired) electrons. The third-order valence-corrected chi connectivity index (χ3v) is 1.60. The van der Waals surface area contributed by atoms with E-state index in [1.807, 2.05) is 5.18 Å². The Kier molecular flexibility index (Phi) is 5.35. The average molecular weight is 209 g/mol. The van der Waals surface area contributed by atoms with Crippen molar-refractivity contribution >= 4 is 5.91 Å². The molecular formula is C6H11NO7. The summed E-state index contributed by atoms with van der Waals surface area (Å²) in [5.74, 6) is -1.57. The summed E-state index contributed by atoms with van der Waals surface area (Å²) in [5.41, 5.74) is 0. The van der Waals surface area contributed by atoms with Crippen LogP contribution in [0.4, 0.5) is 0 Å². The van der Waals surface area contributed by atoms with Crippen LogP contribution >= 0.6 is 0 Å². The smallest absolute Gasteiger partial charge is 0.317 e. The number of nitrogens with zero attached hydrogens (tertiary/aromatic N) is 1. The summed E-state index contributed by atoms with van der Waals surface area (Å²) in [6.07, 6.45) is -7.97. The van der Waals surface area contributed by atoms with E-state index in [1.165, 1.54) is 0 Å². The molecule has 8 heteroatoms. The highest BCUT2D eigenvalue weighted by Gasteiger charge is 2.34. The standard InChI is InChI=1S/C6H11NO7/c8-1-2(9)3(10)4(11)5(12)6(13)7-14/h2-5,8-12H,1H2. The quantitative estimate of drug-likeness (QED) is 0.298. The first kappa shape index (κ1) is 13.1. The predicted octanol–water partition coefficient (Wildman–Crippen LogP) is -3.28. The van der Waals surface area contributed by atoms with Gasteiger partial charge in [0.05, 0.1) is 6.61 Å². The number of amides is 1. The van der Waals surface area contributed by atoms with Gasteiger partial charge in [0.25, 0.3) is 0 Å². The van der Waals surface area contributed by atoms with Crippen LogP contribution in [0.5, 0.6) is 0 Å². The lowest BCUT2D eigenvalue weighted by Gasteiger charge is -2.23. The topological polar surface area (TPSA) is 148 Å². The highest BCUT2D eigenvalue weighted by Crippen LogP contribution is 2.06. The van der Waals surface area contributed by atoms with Crippen molar-refractivity contribution in [1.29, 1.82) is 0 Å². The molecule has 0 aliphatic carbocycles. The monoisotopic (exact) mass is 209 g/mol. The number of aliphatic hydroxyl groups excluding tert-OH is 5. The molecule has 0 aromatic heterocycles. The zero-order valence-corrected chi connectivity index (χ0v) is 7.02. The fourth-order valence-electron chi connectivity index (χ4n) is 0.722. The van der Waals surface area contributed by atoms with Crippen LogP contribution in [-0.2, 0) is 4.79 Å². The van der Waals surface area contributed by atoms with Crippen LogP contribution in [0.2, 0.25) is 0 Å². The van der Waals surface area contributed by atoms with Crippen molar-refractivity contribution in [1.82, 2.24) is 0 Å². The van der Waals surface area contributed by atoms with Crippen molar-refractivity contribution in [3.05, 3.63) is 4.91 Å². The van der Waals surface area contributed by atoms with Gasteiger partial charge >= 0.3 is 5.91 Å². The Labute approximate surface area is 78.4 Å². The van der Waals surface area contributed by atoms with Crippen molar-refractivity contribution in [2.24, 2.45) is 5.18 Å². The molecule has 4 atom stereocenters. The molecular weight excluding hydrogens is 198 g/mol. The highest BCUT2D eigenvalue weighted by atomic mass is 16.4. The van der Waals surface area contributed by atoms with Gasteiger partial charge in [-0.3, -0.25) is 4.79 Å². The molecule has 0 saturated carbocycles. The summed E-state index contributed by atoms with van der Waals surface area (Å²) in [5, 5.41) is 45.8. The summed E-state index contributed by atoms with van der Waals surface area (Å²) in [7, 11) is 0. The highest BCUT2D eigenvalue weighted by molar-refractivity contribution is 5.81. The van der Waals surface area contributed by atoms with Gasteiger partial charge < -0.3 is 25.5 Å². The Balaban J connectivity index is 4.37. The van der Waals surface area contributed by atoms with Gasteiger partial charge in [-0.05, 0) is 0 Å².